The summed E-state index contributed by atoms with van der Waals surface area (Å²) in [4.78, 5) is 31.6. The molecule has 256 valence electrons. The quantitative estimate of drug-likeness (QED) is 0.112. The number of aromatic nitrogens is 4. The van der Waals surface area contributed by atoms with Crippen LogP contribution in [0.25, 0.3) is 11.0 Å². The second-order valence-electron chi connectivity index (χ2n) is 13.6. The Morgan fingerprint density at radius 3 is 1.58 bits per heavy atom. The minimum absolute atomic E-state index is 0.0696. The molecule has 0 fully saturated rings. The van der Waals surface area contributed by atoms with Gasteiger partial charge in [-0.2, -0.15) is 0 Å². The predicted octanol–water partition coefficient (Wildman–Crippen LogP) is 6.64. The third-order valence-corrected chi connectivity index (χ3v) is 25.6. The molecule has 0 aliphatic carbocycles. The fraction of sp³-hybridized carbons (Fsp3) is 0.163. The van der Waals surface area contributed by atoms with Gasteiger partial charge in [-0.15, -0.1) is 0 Å². The SMILES string of the molecule is CCC1(CC)c2ccccc2N2c3nccnc3N(c3ccccc3)C2[I-]12c1ccccc1N1c3nc4ccccc4nc3N(c3ccccc3)C12. The number of hydrogen-bond acceptors (Lipinski definition) is 8. The predicted molar refractivity (Wildman–Crippen MR) is 204 cm³/mol. The van der Waals surface area contributed by atoms with E-state index < -0.39 is 18.4 Å². The van der Waals surface area contributed by atoms with E-state index >= 15 is 0 Å². The number of hydrogen-bond donors (Lipinski definition) is 0. The summed E-state index contributed by atoms with van der Waals surface area (Å²) in [7, 11) is 0. The van der Waals surface area contributed by atoms with Crippen molar-refractivity contribution in [2.75, 3.05) is 19.6 Å². The molecule has 52 heavy (non-hydrogen) atoms. The molecule has 4 aliphatic rings. The number of fused-ring (bicyclic) bond motifs is 14. The van der Waals surface area contributed by atoms with Gasteiger partial charge in [0, 0.05) is 0 Å². The van der Waals surface area contributed by atoms with E-state index in [-0.39, 0.29) is 11.8 Å². The standard InChI is InChI=1S/C43H36IN8/c1-3-43(4-2)31-21-11-15-25-35(31)51-38-37(45-27-28-46-38)49(29-17-7-5-8-18-29)41(51)44(43)32-22-12-16-26-36(32)52-40-39(47-33-23-13-14-24-34(33)48-40)50(42(44)52)30-19-9-6-10-20-30/h5-28,41-42H,3-4H2,1-2H3/q-1. The fourth-order valence-electron chi connectivity index (χ4n) is 9.44. The molecule has 5 aromatic carbocycles. The van der Waals surface area contributed by atoms with Crippen LogP contribution in [0.4, 0.5) is 46.0 Å². The van der Waals surface area contributed by atoms with Crippen molar-refractivity contribution in [3.05, 3.63) is 155 Å². The molecule has 0 radical (unpaired) electrons. The minimum atomic E-state index is -3.90. The first-order valence-corrected chi connectivity index (χ1v) is 22.7. The van der Waals surface area contributed by atoms with Crippen LogP contribution < -0.4 is 38.0 Å². The maximum absolute atomic E-state index is 5.50. The molecule has 6 heterocycles. The maximum atomic E-state index is 5.50. The molecular formula is C43H36IN8-. The third kappa shape index (κ3) is 3.56. The van der Waals surface area contributed by atoms with Gasteiger partial charge in [0.1, 0.15) is 0 Å². The zero-order chi connectivity index (χ0) is 34.6. The van der Waals surface area contributed by atoms with Crippen molar-refractivity contribution in [3.63, 3.8) is 0 Å². The second-order valence-corrected chi connectivity index (χ2v) is 22.8. The van der Waals surface area contributed by atoms with Gasteiger partial charge in [0.25, 0.3) is 0 Å². The normalized spacial score (nSPS) is 22.7. The van der Waals surface area contributed by atoms with Crippen LogP contribution in [0.15, 0.2) is 146 Å². The number of benzene rings is 5. The zero-order valence-corrected chi connectivity index (χ0v) is 31.0. The molecule has 11 rings (SSSR count). The molecule has 3 atom stereocenters. The fourth-order valence-corrected chi connectivity index (χ4v) is 26.4. The van der Waals surface area contributed by atoms with Crippen molar-refractivity contribution in [2.45, 2.75) is 38.5 Å². The summed E-state index contributed by atoms with van der Waals surface area (Å²) in [6, 6.07) is 48.5. The van der Waals surface area contributed by atoms with Crippen LogP contribution in [-0.4, -0.2) is 28.3 Å². The van der Waals surface area contributed by atoms with Gasteiger partial charge in [-0.1, -0.05) is 0 Å². The first-order valence-electron chi connectivity index (χ1n) is 18.0. The first kappa shape index (κ1) is 30.1. The average molecular weight is 792 g/mol. The summed E-state index contributed by atoms with van der Waals surface area (Å²) >= 11 is -3.90. The molecule has 0 saturated carbocycles. The van der Waals surface area contributed by atoms with Crippen molar-refractivity contribution in [1.82, 2.24) is 19.9 Å². The Morgan fingerprint density at radius 2 is 0.962 bits per heavy atom. The number of halogens is 1. The summed E-state index contributed by atoms with van der Waals surface area (Å²) in [5.74, 6) is 3.65. The van der Waals surface area contributed by atoms with Gasteiger partial charge in [-0.3, -0.25) is 0 Å². The molecule has 7 aromatic rings. The van der Waals surface area contributed by atoms with Gasteiger partial charge in [0.2, 0.25) is 0 Å². The van der Waals surface area contributed by atoms with E-state index in [2.05, 4.69) is 167 Å². The number of anilines is 8. The number of nitrogens with zero attached hydrogens (tertiary/aromatic N) is 8. The molecule has 4 aliphatic heterocycles. The first-order chi connectivity index (χ1) is 25.7. The number of rotatable bonds is 4. The van der Waals surface area contributed by atoms with Crippen LogP contribution >= 0.6 is 0 Å². The van der Waals surface area contributed by atoms with E-state index in [1.165, 1.54) is 20.5 Å². The number of para-hydroxylation sites is 6. The van der Waals surface area contributed by atoms with Crippen LogP contribution in [0.3, 0.4) is 0 Å². The van der Waals surface area contributed by atoms with Crippen LogP contribution in [0.5, 0.6) is 0 Å². The Balaban J connectivity index is 1.33. The van der Waals surface area contributed by atoms with E-state index in [1.807, 2.05) is 12.4 Å². The average Bonchev–Trinajstić information content (AvgIpc) is 3.83. The molecular weight excluding hydrogens is 755 g/mol. The van der Waals surface area contributed by atoms with E-state index in [0.29, 0.717) is 0 Å². The van der Waals surface area contributed by atoms with Crippen molar-refractivity contribution < 1.29 is 18.4 Å². The molecule has 1 spiro atoms. The number of alkyl halides is 3. The van der Waals surface area contributed by atoms with Gasteiger partial charge in [0.05, 0.1) is 0 Å². The van der Waals surface area contributed by atoms with Crippen LogP contribution in [0, 0.1) is 3.57 Å². The van der Waals surface area contributed by atoms with Crippen molar-refractivity contribution in [1.29, 1.82) is 0 Å². The van der Waals surface area contributed by atoms with Crippen LogP contribution in [0.2, 0.25) is 0 Å². The van der Waals surface area contributed by atoms with E-state index in [0.717, 1.165) is 58.5 Å². The third-order valence-electron chi connectivity index (χ3n) is 11.5. The molecule has 2 aromatic heterocycles. The van der Waals surface area contributed by atoms with Crippen molar-refractivity contribution in [2.24, 2.45) is 0 Å². The molecule has 0 N–H and O–H groups in total. The summed E-state index contributed by atoms with van der Waals surface area (Å²) in [5.41, 5.74) is 7.93. The van der Waals surface area contributed by atoms with Crippen molar-refractivity contribution >= 4 is 57.1 Å². The monoisotopic (exact) mass is 791 g/mol. The Morgan fingerprint density at radius 1 is 0.500 bits per heavy atom. The van der Waals surface area contributed by atoms with E-state index in [9.17, 15) is 0 Å². The van der Waals surface area contributed by atoms with Crippen LogP contribution in [0.1, 0.15) is 32.3 Å². The molecule has 9 heteroatoms. The topological polar surface area (TPSA) is 64.5 Å². The second kappa shape index (κ2) is 11.0. The Kier molecular flexibility index (Phi) is 6.36. The van der Waals surface area contributed by atoms with E-state index in [4.69, 9.17) is 19.9 Å². The van der Waals surface area contributed by atoms with Gasteiger partial charge in [-0.25, -0.2) is 0 Å². The Bertz CT molecular complexity index is 2490. The van der Waals surface area contributed by atoms with Crippen LogP contribution in [-0.2, 0) is 3.42 Å². The summed E-state index contributed by atoms with van der Waals surface area (Å²) < 4.78 is 1.15. The van der Waals surface area contributed by atoms with Crippen molar-refractivity contribution in [3.8, 4) is 0 Å². The Labute approximate surface area is 306 Å². The van der Waals surface area contributed by atoms with Gasteiger partial charge >= 0.3 is 308 Å². The summed E-state index contributed by atoms with van der Waals surface area (Å²) in [6.45, 7) is 4.86. The molecule has 8 nitrogen and oxygen atoms in total. The summed E-state index contributed by atoms with van der Waals surface area (Å²) in [5, 5.41) is 0. The van der Waals surface area contributed by atoms with E-state index in [1.54, 1.807) is 0 Å². The zero-order valence-electron chi connectivity index (χ0n) is 28.9. The van der Waals surface area contributed by atoms with Gasteiger partial charge in [0.15, 0.2) is 0 Å². The Hall–Kier alpha value is -5.55. The molecule has 0 saturated heterocycles. The summed E-state index contributed by atoms with van der Waals surface area (Å²) in [6.07, 6.45) is 5.67. The molecule has 3 unspecified atom stereocenters. The molecule has 0 amide bonds. The van der Waals surface area contributed by atoms with Gasteiger partial charge < -0.3 is 0 Å². The van der Waals surface area contributed by atoms with Gasteiger partial charge in [-0.05, 0) is 0 Å². The molecule has 0 bridgehead atoms.